The molecule has 2 aromatic rings. The number of rotatable bonds is 3. The summed E-state index contributed by atoms with van der Waals surface area (Å²) in [6.07, 6.45) is 0.851. The molecule has 1 aromatic carbocycles. The summed E-state index contributed by atoms with van der Waals surface area (Å²) in [6.45, 7) is 5.84. The van der Waals surface area contributed by atoms with Gasteiger partial charge in [0.15, 0.2) is 5.69 Å². The average molecular weight is 412 g/mol. The number of benzene rings is 1. The summed E-state index contributed by atoms with van der Waals surface area (Å²) in [6, 6.07) is 3.52. The van der Waals surface area contributed by atoms with Gasteiger partial charge < -0.3 is 10.2 Å². The molecule has 1 amide bonds. The number of fused-ring (bicyclic) bond motifs is 1. The molecule has 6 nitrogen and oxygen atoms in total. The fourth-order valence-electron chi connectivity index (χ4n) is 3.90. The van der Waals surface area contributed by atoms with Crippen LogP contribution in [0.5, 0.6) is 0 Å². The normalized spacial score (nSPS) is 18.3. The van der Waals surface area contributed by atoms with Gasteiger partial charge in [0.1, 0.15) is 11.6 Å². The van der Waals surface area contributed by atoms with E-state index >= 15 is 0 Å². The van der Waals surface area contributed by atoms with Crippen LogP contribution in [0.1, 0.15) is 40.3 Å². The zero-order valence-corrected chi connectivity index (χ0v) is 16.5. The van der Waals surface area contributed by atoms with Gasteiger partial charge in [-0.2, -0.15) is 5.10 Å². The van der Waals surface area contributed by atoms with E-state index in [0.29, 0.717) is 44.0 Å². The molecule has 1 aromatic heterocycles. The predicted octanol–water partition coefficient (Wildman–Crippen LogP) is 2.27. The van der Waals surface area contributed by atoms with Crippen LogP contribution in [0.15, 0.2) is 18.2 Å². The number of aromatic amines is 1. The fraction of sp³-hybridized carbons (Fsp3) is 0.474. The van der Waals surface area contributed by atoms with Crippen LogP contribution in [-0.2, 0) is 13.0 Å². The topological polar surface area (TPSA) is 64.3 Å². The highest BCUT2D eigenvalue weighted by Crippen LogP contribution is 2.25. The Hall–Kier alpha value is -2.03. The molecule has 0 bridgehead atoms. The number of hydrogen-bond acceptors (Lipinski definition) is 4. The number of carbonyl (C=O) groups is 1. The first-order valence-corrected chi connectivity index (χ1v) is 9.29. The SMILES string of the molecule is CC(c1ccc(F)cc1F)N1CCN(C(=O)c2n[nH]c3c2CNCC3)CC1.Cl. The maximum Gasteiger partial charge on any atom is 0.274 e. The molecular weight excluding hydrogens is 388 g/mol. The number of amides is 1. The quantitative estimate of drug-likeness (QED) is 0.813. The van der Waals surface area contributed by atoms with Crippen molar-refractivity contribution in [2.75, 3.05) is 32.7 Å². The van der Waals surface area contributed by atoms with Gasteiger partial charge in [0.2, 0.25) is 0 Å². The van der Waals surface area contributed by atoms with E-state index in [0.717, 1.165) is 30.3 Å². The van der Waals surface area contributed by atoms with E-state index in [4.69, 9.17) is 0 Å². The van der Waals surface area contributed by atoms with E-state index in [2.05, 4.69) is 20.4 Å². The summed E-state index contributed by atoms with van der Waals surface area (Å²) < 4.78 is 27.2. The Morgan fingerprint density at radius 3 is 2.68 bits per heavy atom. The Kier molecular flexibility index (Phi) is 6.32. The Bertz CT molecular complexity index is 851. The summed E-state index contributed by atoms with van der Waals surface area (Å²) in [5, 5.41) is 10.5. The third-order valence-corrected chi connectivity index (χ3v) is 5.57. The van der Waals surface area contributed by atoms with Gasteiger partial charge in [0, 0.05) is 74.6 Å². The van der Waals surface area contributed by atoms with E-state index in [1.807, 2.05) is 6.92 Å². The summed E-state index contributed by atoms with van der Waals surface area (Å²) in [7, 11) is 0. The molecule has 2 aliphatic heterocycles. The van der Waals surface area contributed by atoms with Gasteiger partial charge in [-0.15, -0.1) is 12.4 Å². The van der Waals surface area contributed by atoms with Crippen molar-refractivity contribution in [1.29, 1.82) is 0 Å². The van der Waals surface area contributed by atoms with E-state index in [9.17, 15) is 13.6 Å². The number of piperazine rings is 1. The predicted molar refractivity (Wildman–Crippen MR) is 103 cm³/mol. The van der Waals surface area contributed by atoms with Gasteiger partial charge >= 0.3 is 0 Å². The molecule has 0 radical (unpaired) electrons. The number of nitrogens with zero attached hydrogens (tertiary/aromatic N) is 3. The highest BCUT2D eigenvalue weighted by atomic mass is 35.5. The number of H-pyrrole nitrogens is 1. The van der Waals surface area contributed by atoms with Gasteiger partial charge in [0.25, 0.3) is 5.91 Å². The van der Waals surface area contributed by atoms with E-state index in [-0.39, 0.29) is 24.4 Å². The molecule has 4 rings (SSSR count). The largest absolute Gasteiger partial charge is 0.335 e. The number of carbonyl (C=O) groups excluding carboxylic acids is 1. The summed E-state index contributed by atoms with van der Waals surface area (Å²) in [4.78, 5) is 16.8. The van der Waals surface area contributed by atoms with Gasteiger partial charge in [-0.1, -0.05) is 6.07 Å². The fourth-order valence-corrected chi connectivity index (χ4v) is 3.90. The third kappa shape index (κ3) is 3.90. The first-order chi connectivity index (χ1) is 13.0. The van der Waals surface area contributed by atoms with Gasteiger partial charge in [0.05, 0.1) is 0 Å². The van der Waals surface area contributed by atoms with Crippen LogP contribution in [0.2, 0.25) is 0 Å². The minimum Gasteiger partial charge on any atom is -0.335 e. The van der Waals surface area contributed by atoms with Crippen molar-refractivity contribution in [3.63, 3.8) is 0 Å². The standard InChI is InChI=1S/C19H23F2N5O.ClH/c1-12(14-3-2-13(20)10-16(14)21)25-6-8-26(9-7-25)19(27)18-15-11-22-5-4-17(15)23-24-18;/h2-3,10,12,22H,4-9,11H2,1H3,(H,23,24);1H. The second kappa shape index (κ2) is 8.55. The van der Waals surface area contributed by atoms with Crippen molar-refractivity contribution in [3.05, 3.63) is 52.3 Å². The second-order valence-electron chi connectivity index (χ2n) is 7.13. The van der Waals surface area contributed by atoms with Gasteiger partial charge in [-0.05, 0) is 13.0 Å². The number of nitrogens with one attached hydrogen (secondary N) is 2. The van der Waals surface area contributed by atoms with Crippen LogP contribution in [0.25, 0.3) is 0 Å². The lowest BCUT2D eigenvalue weighted by molar-refractivity contribution is 0.0572. The first-order valence-electron chi connectivity index (χ1n) is 9.29. The van der Waals surface area contributed by atoms with Crippen molar-refractivity contribution in [2.24, 2.45) is 0 Å². The van der Waals surface area contributed by atoms with Crippen molar-refractivity contribution in [1.82, 2.24) is 25.3 Å². The van der Waals surface area contributed by atoms with Crippen LogP contribution in [0.4, 0.5) is 8.78 Å². The molecule has 1 atom stereocenters. The maximum atomic E-state index is 14.1. The number of halogens is 3. The third-order valence-electron chi connectivity index (χ3n) is 5.57. The van der Waals surface area contributed by atoms with Crippen molar-refractivity contribution < 1.29 is 13.6 Å². The molecule has 3 heterocycles. The maximum absolute atomic E-state index is 14.1. The molecule has 1 fully saturated rings. The molecule has 0 spiro atoms. The number of hydrogen-bond donors (Lipinski definition) is 2. The minimum absolute atomic E-state index is 0. The van der Waals surface area contributed by atoms with Crippen molar-refractivity contribution in [2.45, 2.75) is 25.9 Å². The Morgan fingerprint density at radius 1 is 1.21 bits per heavy atom. The monoisotopic (exact) mass is 411 g/mol. The Labute approximate surface area is 168 Å². The van der Waals surface area contributed by atoms with E-state index in [1.54, 1.807) is 4.90 Å². The summed E-state index contributed by atoms with van der Waals surface area (Å²) in [5.74, 6) is -1.16. The molecule has 9 heteroatoms. The molecule has 28 heavy (non-hydrogen) atoms. The Balaban J connectivity index is 0.00000225. The zero-order valence-electron chi connectivity index (χ0n) is 15.7. The molecule has 1 saturated heterocycles. The molecule has 152 valence electrons. The lowest BCUT2D eigenvalue weighted by Gasteiger charge is -2.38. The van der Waals surface area contributed by atoms with E-state index < -0.39 is 11.6 Å². The highest BCUT2D eigenvalue weighted by molar-refractivity contribution is 5.94. The lowest BCUT2D eigenvalue weighted by Crippen LogP contribution is -2.49. The minimum atomic E-state index is -0.573. The highest BCUT2D eigenvalue weighted by Gasteiger charge is 2.30. The summed E-state index contributed by atoms with van der Waals surface area (Å²) in [5.41, 5.74) is 2.98. The van der Waals surface area contributed by atoms with Crippen LogP contribution in [0, 0.1) is 11.6 Å². The number of aromatic nitrogens is 2. The summed E-state index contributed by atoms with van der Waals surface area (Å²) >= 11 is 0. The van der Waals surface area contributed by atoms with Crippen LogP contribution >= 0.6 is 12.4 Å². The smallest absolute Gasteiger partial charge is 0.274 e. The molecule has 0 saturated carbocycles. The molecular formula is C19H24ClF2N5O. The Morgan fingerprint density at radius 2 is 1.96 bits per heavy atom. The molecule has 2 aliphatic rings. The lowest BCUT2D eigenvalue weighted by atomic mass is 10.0. The molecule has 1 unspecified atom stereocenters. The van der Waals surface area contributed by atoms with E-state index in [1.165, 1.54) is 12.1 Å². The van der Waals surface area contributed by atoms with Crippen LogP contribution in [-0.4, -0.2) is 58.6 Å². The molecule has 0 aliphatic carbocycles. The van der Waals surface area contributed by atoms with Crippen molar-refractivity contribution in [3.8, 4) is 0 Å². The van der Waals surface area contributed by atoms with Crippen LogP contribution in [0.3, 0.4) is 0 Å². The van der Waals surface area contributed by atoms with Gasteiger partial charge in [-0.25, -0.2) is 8.78 Å². The van der Waals surface area contributed by atoms with Crippen molar-refractivity contribution >= 4 is 18.3 Å². The van der Waals surface area contributed by atoms with Gasteiger partial charge in [-0.3, -0.25) is 14.8 Å². The van der Waals surface area contributed by atoms with Crippen LogP contribution < -0.4 is 5.32 Å². The second-order valence-corrected chi connectivity index (χ2v) is 7.13. The average Bonchev–Trinajstić information content (AvgIpc) is 3.11. The molecule has 2 N–H and O–H groups in total. The zero-order chi connectivity index (χ0) is 19.0. The first kappa shape index (κ1) is 20.7.